The Morgan fingerprint density at radius 2 is 2.35 bits per heavy atom. The summed E-state index contributed by atoms with van der Waals surface area (Å²) in [6, 6.07) is 4.59. The predicted octanol–water partition coefficient (Wildman–Crippen LogP) is 1.96. The van der Waals surface area contributed by atoms with Crippen molar-refractivity contribution in [2.24, 2.45) is 0 Å². The molecule has 0 fully saturated rings. The van der Waals surface area contributed by atoms with E-state index in [1.165, 1.54) is 6.07 Å². The highest BCUT2D eigenvalue weighted by molar-refractivity contribution is 7.99. The van der Waals surface area contributed by atoms with Gasteiger partial charge in [0.2, 0.25) is 0 Å². The van der Waals surface area contributed by atoms with E-state index >= 15 is 0 Å². The molecule has 6 heteroatoms. The average molecular weight is 251 g/mol. The predicted molar refractivity (Wildman–Crippen MR) is 72.2 cm³/mol. The van der Waals surface area contributed by atoms with Crippen molar-refractivity contribution >= 4 is 28.8 Å². The van der Waals surface area contributed by atoms with Gasteiger partial charge in [-0.05, 0) is 12.1 Å². The molecule has 1 aromatic carbocycles. The normalized spacial score (nSPS) is 9.59. The monoisotopic (exact) mass is 251 g/mol. The molecule has 90 valence electrons. The van der Waals surface area contributed by atoms with Gasteiger partial charge in [-0.3, -0.25) is 10.1 Å². The van der Waals surface area contributed by atoms with Gasteiger partial charge in [0.25, 0.3) is 5.69 Å². The molecule has 0 aliphatic carbocycles. The Bertz CT molecular complexity index is 443. The van der Waals surface area contributed by atoms with E-state index in [1.54, 1.807) is 23.9 Å². The lowest BCUT2D eigenvalue weighted by Crippen LogP contribution is -2.05. The third-order valence-electron chi connectivity index (χ3n) is 1.99. The van der Waals surface area contributed by atoms with Crippen LogP contribution in [0.3, 0.4) is 0 Å². The summed E-state index contributed by atoms with van der Waals surface area (Å²) in [5.41, 5.74) is 6.42. The molecule has 0 bridgehead atoms. The number of anilines is 2. The number of benzene rings is 1. The number of hydrogen-bond acceptors (Lipinski definition) is 5. The zero-order chi connectivity index (χ0) is 12.7. The van der Waals surface area contributed by atoms with E-state index < -0.39 is 4.92 Å². The fourth-order valence-electron chi connectivity index (χ4n) is 1.23. The van der Waals surface area contributed by atoms with Gasteiger partial charge in [-0.1, -0.05) is 5.92 Å². The quantitative estimate of drug-likeness (QED) is 0.265. The third kappa shape index (κ3) is 4.25. The number of nitro groups is 1. The second-order valence-electron chi connectivity index (χ2n) is 3.21. The van der Waals surface area contributed by atoms with Crippen LogP contribution in [0.1, 0.15) is 0 Å². The van der Waals surface area contributed by atoms with Crippen molar-refractivity contribution in [3.8, 4) is 12.3 Å². The van der Waals surface area contributed by atoms with Crippen molar-refractivity contribution in [3.63, 3.8) is 0 Å². The zero-order valence-electron chi connectivity index (χ0n) is 9.18. The van der Waals surface area contributed by atoms with Crippen molar-refractivity contribution in [2.45, 2.75) is 0 Å². The first kappa shape index (κ1) is 13.2. The Kier molecular flexibility index (Phi) is 5.17. The number of nitrogens with one attached hydrogen (secondary N) is 1. The van der Waals surface area contributed by atoms with Crippen LogP contribution in [0.15, 0.2) is 18.2 Å². The summed E-state index contributed by atoms with van der Waals surface area (Å²) in [7, 11) is 0. The molecule has 17 heavy (non-hydrogen) atoms. The first-order chi connectivity index (χ1) is 8.15. The Balaban J connectivity index is 2.48. The molecule has 0 saturated carbocycles. The first-order valence-corrected chi connectivity index (χ1v) is 6.09. The van der Waals surface area contributed by atoms with E-state index in [4.69, 9.17) is 12.2 Å². The van der Waals surface area contributed by atoms with Crippen molar-refractivity contribution < 1.29 is 4.92 Å². The van der Waals surface area contributed by atoms with Crippen molar-refractivity contribution in [1.29, 1.82) is 0 Å². The number of nitrogens with two attached hydrogens (primary N) is 1. The lowest BCUT2D eigenvalue weighted by molar-refractivity contribution is -0.383. The van der Waals surface area contributed by atoms with Gasteiger partial charge in [0.1, 0.15) is 5.69 Å². The molecule has 0 spiro atoms. The minimum atomic E-state index is -0.498. The maximum atomic E-state index is 10.5. The van der Waals surface area contributed by atoms with Gasteiger partial charge >= 0.3 is 0 Å². The number of thioether (sulfide) groups is 1. The van der Waals surface area contributed by atoms with Crippen molar-refractivity contribution in [1.82, 2.24) is 0 Å². The molecular formula is C11H13N3O2S. The summed E-state index contributed by atoms with van der Waals surface area (Å²) < 4.78 is 0. The smallest absolute Gasteiger partial charge is 0.292 e. The van der Waals surface area contributed by atoms with Gasteiger partial charge in [-0.25, -0.2) is 0 Å². The molecule has 0 aromatic heterocycles. The average Bonchev–Trinajstić information content (AvgIpc) is 2.28. The lowest BCUT2D eigenvalue weighted by atomic mass is 10.2. The molecule has 5 nitrogen and oxygen atoms in total. The summed E-state index contributed by atoms with van der Waals surface area (Å²) in [6.45, 7) is 0.740. The second kappa shape index (κ2) is 6.66. The van der Waals surface area contributed by atoms with Gasteiger partial charge in [0.15, 0.2) is 0 Å². The largest absolute Gasteiger partial charge is 0.393 e. The van der Waals surface area contributed by atoms with Crippen LogP contribution in [0.5, 0.6) is 0 Å². The highest BCUT2D eigenvalue weighted by Gasteiger charge is 2.10. The van der Waals surface area contributed by atoms with Crippen LogP contribution in [-0.2, 0) is 0 Å². The van der Waals surface area contributed by atoms with Crippen LogP contribution in [0.2, 0.25) is 0 Å². The molecule has 0 unspecified atom stereocenters. The second-order valence-corrected chi connectivity index (χ2v) is 4.32. The molecule has 1 aromatic rings. The first-order valence-electron chi connectivity index (χ1n) is 4.94. The van der Waals surface area contributed by atoms with Crippen LogP contribution in [0.25, 0.3) is 0 Å². The third-order valence-corrected chi connectivity index (χ3v) is 2.85. The van der Waals surface area contributed by atoms with Gasteiger partial charge in [0, 0.05) is 24.1 Å². The molecule has 0 aliphatic rings. The van der Waals surface area contributed by atoms with E-state index in [-0.39, 0.29) is 11.4 Å². The fourth-order valence-corrected chi connectivity index (χ4v) is 1.74. The van der Waals surface area contributed by atoms with Gasteiger partial charge in [-0.15, -0.1) is 18.2 Å². The maximum absolute atomic E-state index is 10.5. The Morgan fingerprint density at radius 1 is 1.59 bits per heavy atom. The van der Waals surface area contributed by atoms with Crippen LogP contribution >= 0.6 is 11.8 Å². The summed E-state index contributed by atoms with van der Waals surface area (Å²) in [6.07, 6.45) is 5.12. The highest BCUT2D eigenvalue weighted by Crippen LogP contribution is 2.24. The topological polar surface area (TPSA) is 81.2 Å². The fraction of sp³-hybridized carbons (Fsp3) is 0.273. The van der Waals surface area contributed by atoms with Gasteiger partial charge in [0.05, 0.1) is 10.7 Å². The SMILES string of the molecule is C#CCSCCNc1ccc([N+](=O)[O-])c(N)c1. The van der Waals surface area contributed by atoms with Crippen LogP contribution in [-0.4, -0.2) is 23.0 Å². The zero-order valence-corrected chi connectivity index (χ0v) is 10.00. The van der Waals surface area contributed by atoms with E-state index in [1.807, 2.05) is 0 Å². The summed E-state index contributed by atoms with van der Waals surface area (Å²) in [4.78, 5) is 10.1. The Morgan fingerprint density at radius 3 is 2.94 bits per heavy atom. The highest BCUT2D eigenvalue weighted by atomic mass is 32.2. The molecule has 0 saturated heterocycles. The van der Waals surface area contributed by atoms with E-state index in [0.717, 1.165) is 18.0 Å². The lowest BCUT2D eigenvalue weighted by Gasteiger charge is -2.06. The van der Waals surface area contributed by atoms with E-state index in [2.05, 4.69) is 11.2 Å². The molecule has 1 rings (SSSR count). The van der Waals surface area contributed by atoms with Crippen molar-refractivity contribution in [3.05, 3.63) is 28.3 Å². The van der Waals surface area contributed by atoms with Crippen LogP contribution < -0.4 is 11.1 Å². The van der Waals surface area contributed by atoms with Crippen LogP contribution in [0, 0.1) is 22.5 Å². The maximum Gasteiger partial charge on any atom is 0.292 e. The molecule has 0 radical (unpaired) electrons. The molecule has 0 heterocycles. The van der Waals surface area contributed by atoms with Gasteiger partial charge in [-0.2, -0.15) is 0 Å². The summed E-state index contributed by atoms with van der Waals surface area (Å²) >= 11 is 1.65. The molecule has 3 N–H and O–H groups in total. The number of rotatable bonds is 6. The number of nitrogen functional groups attached to an aromatic ring is 1. The van der Waals surface area contributed by atoms with E-state index in [9.17, 15) is 10.1 Å². The Hall–Kier alpha value is -1.87. The minimum Gasteiger partial charge on any atom is -0.393 e. The summed E-state index contributed by atoms with van der Waals surface area (Å²) in [5.74, 6) is 4.10. The molecular weight excluding hydrogens is 238 g/mol. The van der Waals surface area contributed by atoms with Crippen molar-refractivity contribution in [2.75, 3.05) is 29.1 Å². The number of nitrogens with zero attached hydrogens (tertiary/aromatic N) is 1. The van der Waals surface area contributed by atoms with Crippen LogP contribution in [0.4, 0.5) is 17.1 Å². The minimum absolute atomic E-state index is 0.0720. The molecule has 0 amide bonds. The molecule has 0 atom stereocenters. The number of terminal acetylenes is 1. The number of hydrogen-bond donors (Lipinski definition) is 2. The van der Waals surface area contributed by atoms with Gasteiger partial charge < -0.3 is 11.1 Å². The Labute approximate surface area is 104 Å². The molecule has 0 aliphatic heterocycles. The number of nitro benzene ring substituents is 1. The standard InChI is InChI=1S/C11H13N3O2S/c1-2-6-17-7-5-13-9-3-4-11(14(15)16)10(12)8-9/h1,3-4,8,13H,5-7,12H2. The van der Waals surface area contributed by atoms with E-state index in [0.29, 0.717) is 5.75 Å². The summed E-state index contributed by atoms with van der Waals surface area (Å²) in [5, 5.41) is 13.7.